The van der Waals surface area contributed by atoms with Gasteiger partial charge in [0, 0.05) is 12.6 Å². The van der Waals surface area contributed by atoms with Gasteiger partial charge in [-0.25, -0.2) is 4.98 Å². The van der Waals surface area contributed by atoms with Crippen LogP contribution in [0.15, 0.2) is 47.5 Å². The van der Waals surface area contributed by atoms with Crippen LogP contribution >= 0.6 is 0 Å². The van der Waals surface area contributed by atoms with E-state index in [1.807, 2.05) is 18.2 Å². The number of hydrogen-bond acceptors (Lipinski definition) is 6. The molecule has 0 radical (unpaired) electrons. The molecule has 8 heteroatoms. The van der Waals surface area contributed by atoms with Gasteiger partial charge in [0.2, 0.25) is 0 Å². The molecule has 0 aliphatic rings. The van der Waals surface area contributed by atoms with Crippen molar-refractivity contribution in [2.24, 2.45) is 0 Å². The van der Waals surface area contributed by atoms with E-state index in [1.165, 1.54) is 24.0 Å². The summed E-state index contributed by atoms with van der Waals surface area (Å²) in [7, 11) is 0. The number of rotatable bonds is 6. The van der Waals surface area contributed by atoms with E-state index in [0.29, 0.717) is 24.4 Å². The fourth-order valence-corrected chi connectivity index (χ4v) is 2.80. The SMILES string of the molecule is CC(C)(C)c1cccc(OCCNc2cc3nc[nH]c(=O)c3cc2[N+](=O)[O-])c1. The van der Waals surface area contributed by atoms with E-state index in [9.17, 15) is 14.9 Å². The lowest BCUT2D eigenvalue weighted by Crippen LogP contribution is -2.14. The minimum absolute atomic E-state index is 0.0220. The normalized spacial score (nSPS) is 11.4. The summed E-state index contributed by atoms with van der Waals surface area (Å²) in [5.74, 6) is 0.746. The molecule has 3 rings (SSSR count). The molecule has 0 spiro atoms. The van der Waals surface area contributed by atoms with E-state index in [1.54, 1.807) is 0 Å². The van der Waals surface area contributed by atoms with Crippen molar-refractivity contribution in [1.29, 1.82) is 0 Å². The molecule has 0 aliphatic heterocycles. The number of nitro benzene ring substituents is 1. The molecule has 8 nitrogen and oxygen atoms in total. The second-order valence-corrected chi connectivity index (χ2v) is 7.43. The first kappa shape index (κ1) is 19.3. The van der Waals surface area contributed by atoms with Gasteiger partial charge in [-0.15, -0.1) is 0 Å². The van der Waals surface area contributed by atoms with Crippen molar-refractivity contribution in [3.05, 3.63) is 68.8 Å². The Morgan fingerprint density at radius 3 is 2.75 bits per heavy atom. The van der Waals surface area contributed by atoms with Crippen LogP contribution in [0.25, 0.3) is 10.9 Å². The van der Waals surface area contributed by atoms with E-state index in [4.69, 9.17) is 4.74 Å². The minimum Gasteiger partial charge on any atom is -0.492 e. The van der Waals surface area contributed by atoms with E-state index in [2.05, 4.69) is 42.1 Å². The van der Waals surface area contributed by atoms with Crippen molar-refractivity contribution < 1.29 is 9.66 Å². The molecule has 0 atom stereocenters. The van der Waals surface area contributed by atoms with Crippen molar-refractivity contribution >= 4 is 22.3 Å². The zero-order valence-electron chi connectivity index (χ0n) is 16.0. The van der Waals surface area contributed by atoms with Crippen LogP contribution in [-0.2, 0) is 5.41 Å². The molecule has 0 aliphatic carbocycles. The highest BCUT2D eigenvalue weighted by atomic mass is 16.6. The van der Waals surface area contributed by atoms with Crippen LogP contribution in [0.3, 0.4) is 0 Å². The monoisotopic (exact) mass is 382 g/mol. The van der Waals surface area contributed by atoms with Crippen LogP contribution in [0.1, 0.15) is 26.3 Å². The molecular weight excluding hydrogens is 360 g/mol. The molecule has 1 aromatic heterocycles. The number of nitrogens with one attached hydrogen (secondary N) is 2. The first-order chi connectivity index (χ1) is 13.3. The molecule has 2 N–H and O–H groups in total. The van der Waals surface area contributed by atoms with E-state index in [0.717, 1.165) is 5.75 Å². The Bertz CT molecular complexity index is 1070. The van der Waals surface area contributed by atoms with Crippen LogP contribution in [-0.4, -0.2) is 28.0 Å². The molecule has 28 heavy (non-hydrogen) atoms. The molecule has 1 heterocycles. The van der Waals surface area contributed by atoms with E-state index >= 15 is 0 Å². The number of aromatic amines is 1. The number of benzene rings is 2. The maximum atomic E-state index is 11.8. The second kappa shape index (κ2) is 7.67. The number of hydrogen-bond donors (Lipinski definition) is 2. The fraction of sp³-hybridized carbons (Fsp3) is 0.300. The molecule has 2 aromatic carbocycles. The summed E-state index contributed by atoms with van der Waals surface area (Å²) in [5.41, 5.74) is 1.27. The van der Waals surface area contributed by atoms with Crippen LogP contribution in [0.2, 0.25) is 0 Å². The Morgan fingerprint density at radius 2 is 2.04 bits per heavy atom. The average molecular weight is 382 g/mol. The Morgan fingerprint density at radius 1 is 1.25 bits per heavy atom. The lowest BCUT2D eigenvalue weighted by atomic mass is 9.87. The molecule has 0 unspecified atom stereocenters. The number of anilines is 1. The summed E-state index contributed by atoms with van der Waals surface area (Å²) < 4.78 is 5.77. The molecular formula is C20H22N4O4. The number of fused-ring (bicyclic) bond motifs is 1. The molecule has 0 saturated heterocycles. The minimum atomic E-state index is -0.526. The molecule has 3 aromatic rings. The third-order valence-electron chi connectivity index (χ3n) is 4.34. The first-order valence-corrected chi connectivity index (χ1v) is 8.89. The van der Waals surface area contributed by atoms with Gasteiger partial charge in [0.25, 0.3) is 11.2 Å². The highest BCUT2D eigenvalue weighted by molar-refractivity contribution is 5.86. The number of H-pyrrole nitrogens is 1. The van der Waals surface area contributed by atoms with Crippen molar-refractivity contribution in [3.8, 4) is 5.75 Å². The predicted octanol–water partition coefficient (Wildman–Crippen LogP) is 3.62. The van der Waals surface area contributed by atoms with E-state index < -0.39 is 10.5 Å². The lowest BCUT2D eigenvalue weighted by molar-refractivity contribution is -0.383. The smallest absolute Gasteiger partial charge is 0.293 e. The predicted molar refractivity (Wildman–Crippen MR) is 108 cm³/mol. The number of ether oxygens (including phenoxy) is 1. The van der Waals surface area contributed by atoms with Crippen molar-refractivity contribution in [2.45, 2.75) is 26.2 Å². The van der Waals surface area contributed by atoms with E-state index in [-0.39, 0.29) is 16.5 Å². The maximum absolute atomic E-state index is 11.8. The van der Waals surface area contributed by atoms with Crippen molar-refractivity contribution in [3.63, 3.8) is 0 Å². The second-order valence-electron chi connectivity index (χ2n) is 7.43. The zero-order valence-corrected chi connectivity index (χ0v) is 16.0. The van der Waals surface area contributed by atoms with Crippen molar-refractivity contribution in [2.75, 3.05) is 18.5 Å². The fourth-order valence-electron chi connectivity index (χ4n) is 2.80. The van der Waals surface area contributed by atoms with Crippen LogP contribution in [0.5, 0.6) is 5.75 Å². The molecule has 0 bridgehead atoms. The molecule has 0 amide bonds. The lowest BCUT2D eigenvalue weighted by Gasteiger charge is -2.19. The standard InChI is InChI=1S/C20H22N4O4/c1-20(2,3)13-5-4-6-14(9-13)28-8-7-21-17-11-16-15(10-18(17)24(26)27)19(25)23-12-22-16/h4-6,9-12,21H,7-8H2,1-3H3,(H,22,23,25). The molecule has 146 valence electrons. The summed E-state index contributed by atoms with van der Waals surface area (Å²) in [6.07, 6.45) is 1.27. The van der Waals surface area contributed by atoms with Gasteiger partial charge < -0.3 is 15.0 Å². The van der Waals surface area contributed by atoms with Gasteiger partial charge in [-0.2, -0.15) is 0 Å². The highest BCUT2D eigenvalue weighted by Crippen LogP contribution is 2.28. The summed E-state index contributed by atoms with van der Waals surface area (Å²) in [6, 6.07) is 10.6. The summed E-state index contributed by atoms with van der Waals surface area (Å²) in [4.78, 5) is 29.1. The Hall–Kier alpha value is -3.42. The van der Waals surface area contributed by atoms with Gasteiger partial charge in [-0.05, 0) is 29.2 Å². The number of nitro groups is 1. The average Bonchev–Trinajstić information content (AvgIpc) is 2.64. The largest absolute Gasteiger partial charge is 0.492 e. The van der Waals surface area contributed by atoms with Gasteiger partial charge in [0.1, 0.15) is 18.0 Å². The highest BCUT2D eigenvalue weighted by Gasteiger charge is 2.17. The van der Waals surface area contributed by atoms with Crippen LogP contribution in [0, 0.1) is 10.1 Å². The maximum Gasteiger partial charge on any atom is 0.293 e. The molecule has 0 saturated carbocycles. The third-order valence-corrected chi connectivity index (χ3v) is 4.34. The van der Waals surface area contributed by atoms with Gasteiger partial charge in [0.15, 0.2) is 0 Å². The topological polar surface area (TPSA) is 110 Å². The summed E-state index contributed by atoms with van der Waals surface area (Å²) >= 11 is 0. The number of aromatic nitrogens is 2. The Kier molecular flexibility index (Phi) is 5.30. The van der Waals surface area contributed by atoms with Gasteiger partial charge >= 0.3 is 0 Å². The van der Waals surface area contributed by atoms with Crippen LogP contribution < -0.4 is 15.6 Å². The first-order valence-electron chi connectivity index (χ1n) is 8.89. The quantitative estimate of drug-likeness (QED) is 0.383. The van der Waals surface area contributed by atoms with Crippen molar-refractivity contribution in [1.82, 2.24) is 9.97 Å². The van der Waals surface area contributed by atoms with Gasteiger partial charge in [0.05, 0.1) is 22.2 Å². The van der Waals surface area contributed by atoms with Crippen LogP contribution in [0.4, 0.5) is 11.4 Å². The summed E-state index contributed by atoms with van der Waals surface area (Å²) in [5, 5.41) is 14.5. The van der Waals surface area contributed by atoms with Gasteiger partial charge in [-0.1, -0.05) is 32.9 Å². The summed E-state index contributed by atoms with van der Waals surface area (Å²) in [6.45, 7) is 7.07. The Labute approximate surface area is 161 Å². The third kappa shape index (κ3) is 4.28. The molecule has 0 fully saturated rings. The van der Waals surface area contributed by atoms with Gasteiger partial charge in [-0.3, -0.25) is 14.9 Å². The zero-order chi connectivity index (χ0) is 20.3. The number of nitrogens with zero attached hydrogens (tertiary/aromatic N) is 2. The Balaban J connectivity index is 1.71.